The van der Waals surface area contributed by atoms with E-state index in [1.54, 1.807) is 0 Å². The number of aryl methyl sites for hydroxylation is 4. The summed E-state index contributed by atoms with van der Waals surface area (Å²) in [5, 5.41) is 0. The summed E-state index contributed by atoms with van der Waals surface area (Å²) in [5.74, 6) is 0.774. The van der Waals surface area contributed by atoms with Gasteiger partial charge >= 0.3 is 0 Å². The molecule has 0 spiro atoms. The largest absolute Gasteiger partial charge is 0.0596 e. The van der Waals surface area contributed by atoms with Crippen LogP contribution in [0.3, 0.4) is 0 Å². The first-order valence-corrected chi connectivity index (χ1v) is 11.2. The van der Waals surface area contributed by atoms with Gasteiger partial charge in [0, 0.05) is 5.92 Å². The fraction of sp³-hybridized carbons (Fsp3) is 0.400. The fourth-order valence-corrected chi connectivity index (χ4v) is 4.47. The molecule has 30 heavy (non-hydrogen) atoms. The number of hydrogen-bond donors (Lipinski definition) is 0. The van der Waals surface area contributed by atoms with Crippen molar-refractivity contribution >= 4 is 0 Å². The Kier molecular flexibility index (Phi) is 6.27. The molecule has 0 heterocycles. The SMILES string of the molecule is Cc1cc(C)cc(C(c2ccc(C(C)C(C)(C)C)cc2)c2cc(C)c(C)c(C)c2)c1. The Morgan fingerprint density at radius 1 is 0.567 bits per heavy atom. The normalized spacial score (nSPS) is 13.9. The van der Waals surface area contributed by atoms with E-state index in [1.165, 1.54) is 50.1 Å². The second-order valence-electron chi connectivity index (χ2n) is 10.4. The molecule has 3 aromatic rings. The molecular formula is C30H38. The van der Waals surface area contributed by atoms with Gasteiger partial charge in [0.2, 0.25) is 0 Å². The van der Waals surface area contributed by atoms with Gasteiger partial charge in [-0.05, 0) is 84.9 Å². The lowest BCUT2D eigenvalue weighted by atomic mass is 9.76. The van der Waals surface area contributed by atoms with E-state index < -0.39 is 0 Å². The molecule has 2 unspecified atom stereocenters. The van der Waals surface area contributed by atoms with Crippen molar-refractivity contribution in [2.75, 3.05) is 0 Å². The Bertz CT molecular complexity index is 985. The van der Waals surface area contributed by atoms with Crippen molar-refractivity contribution in [2.45, 2.75) is 74.1 Å². The van der Waals surface area contributed by atoms with Crippen molar-refractivity contribution < 1.29 is 0 Å². The fourth-order valence-electron chi connectivity index (χ4n) is 4.47. The van der Waals surface area contributed by atoms with Gasteiger partial charge in [0.1, 0.15) is 0 Å². The van der Waals surface area contributed by atoms with E-state index in [-0.39, 0.29) is 11.3 Å². The molecule has 0 fully saturated rings. The van der Waals surface area contributed by atoms with Crippen molar-refractivity contribution in [3.8, 4) is 0 Å². The molecule has 2 atom stereocenters. The van der Waals surface area contributed by atoms with E-state index >= 15 is 0 Å². The topological polar surface area (TPSA) is 0 Å². The molecule has 0 bridgehead atoms. The summed E-state index contributed by atoms with van der Waals surface area (Å²) in [6.45, 7) is 20.4. The molecule has 0 aromatic heterocycles. The molecule has 3 rings (SSSR count). The van der Waals surface area contributed by atoms with Crippen molar-refractivity contribution in [1.82, 2.24) is 0 Å². The van der Waals surface area contributed by atoms with Gasteiger partial charge in [-0.15, -0.1) is 0 Å². The first-order valence-electron chi connectivity index (χ1n) is 11.2. The summed E-state index contributed by atoms with van der Waals surface area (Å²) in [4.78, 5) is 0. The van der Waals surface area contributed by atoms with Crippen LogP contribution in [-0.2, 0) is 0 Å². The first kappa shape index (κ1) is 22.3. The highest BCUT2D eigenvalue weighted by molar-refractivity contribution is 5.49. The molecule has 0 aliphatic carbocycles. The lowest BCUT2D eigenvalue weighted by Gasteiger charge is -2.28. The summed E-state index contributed by atoms with van der Waals surface area (Å²) in [7, 11) is 0. The van der Waals surface area contributed by atoms with E-state index in [2.05, 4.69) is 117 Å². The molecular weight excluding hydrogens is 360 g/mol. The molecule has 0 aliphatic rings. The van der Waals surface area contributed by atoms with Gasteiger partial charge in [-0.25, -0.2) is 0 Å². The van der Waals surface area contributed by atoms with Crippen LogP contribution in [0.2, 0.25) is 0 Å². The quantitative estimate of drug-likeness (QED) is 0.386. The van der Waals surface area contributed by atoms with E-state index in [4.69, 9.17) is 0 Å². The third kappa shape index (κ3) is 4.69. The van der Waals surface area contributed by atoms with E-state index in [0.29, 0.717) is 5.92 Å². The summed E-state index contributed by atoms with van der Waals surface area (Å²) in [6.07, 6.45) is 0. The van der Waals surface area contributed by atoms with Gasteiger partial charge < -0.3 is 0 Å². The van der Waals surface area contributed by atoms with Crippen LogP contribution in [-0.4, -0.2) is 0 Å². The van der Waals surface area contributed by atoms with Crippen LogP contribution in [0.5, 0.6) is 0 Å². The van der Waals surface area contributed by atoms with Gasteiger partial charge in [-0.1, -0.05) is 93.4 Å². The predicted molar refractivity (Wildman–Crippen MR) is 132 cm³/mol. The Morgan fingerprint density at radius 2 is 1.00 bits per heavy atom. The van der Waals surface area contributed by atoms with Gasteiger partial charge in [0.05, 0.1) is 0 Å². The monoisotopic (exact) mass is 398 g/mol. The Morgan fingerprint density at radius 3 is 1.47 bits per heavy atom. The molecule has 0 saturated heterocycles. The molecule has 3 aromatic carbocycles. The summed E-state index contributed by atoms with van der Waals surface area (Å²) in [5.41, 5.74) is 12.6. The highest BCUT2D eigenvalue weighted by Gasteiger charge is 2.23. The third-order valence-corrected chi connectivity index (χ3v) is 6.93. The summed E-state index contributed by atoms with van der Waals surface area (Å²) in [6, 6.07) is 21.1. The van der Waals surface area contributed by atoms with Crippen molar-refractivity contribution in [3.63, 3.8) is 0 Å². The molecule has 0 radical (unpaired) electrons. The minimum atomic E-state index is 0.251. The molecule has 0 amide bonds. The highest BCUT2D eigenvalue weighted by atomic mass is 14.3. The highest BCUT2D eigenvalue weighted by Crippen LogP contribution is 2.38. The minimum absolute atomic E-state index is 0.251. The minimum Gasteiger partial charge on any atom is -0.0596 e. The third-order valence-electron chi connectivity index (χ3n) is 6.93. The zero-order valence-electron chi connectivity index (χ0n) is 20.4. The van der Waals surface area contributed by atoms with Crippen molar-refractivity contribution in [1.29, 1.82) is 0 Å². The van der Waals surface area contributed by atoms with Crippen LogP contribution in [0, 0.1) is 40.0 Å². The standard InChI is InChI=1S/C30H38/c1-19-14-20(2)16-27(15-19)29(28-17-21(3)23(5)22(4)18-28)26-12-10-25(11-13-26)24(6)30(7,8)9/h10-18,24,29H,1-9H3. The Balaban J connectivity index is 2.15. The number of hydrogen-bond acceptors (Lipinski definition) is 0. The second-order valence-corrected chi connectivity index (χ2v) is 10.4. The maximum absolute atomic E-state index is 2.39. The van der Waals surface area contributed by atoms with Crippen LogP contribution >= 0.6 is 0 Å². The predicted octanol–water partition coefficient (Wildman–Crippen LogP) is 8.56. The van der Waals surface area contributed by atoms with Gasteiger partial charge in [0.25, 0.3) is 0 Å². The van der Waals surface area contributed by atoms with Crippen molar-refractivity contribution in [3.05, 3.63) is 105 Å². The van der Waals surface area contributed by atoms with Crippen LogP contribution in [0.15, 0.2) is 54.6 Å². The molecule has 0 heteroatoms. The average Bonchev–Trinajstić information content (AvgIpc) is 2.65. The zero-order valence-corrected chi connectivity index (χ0v) is 20.4. The Labute approximate surface area is 184 Å². The van der Waals surface area contributed by atoms with Crippen LogP contribution in [0.1, 0.15) is 89.6 Å². The van der Waals surface area contributed by atoms with Crippen LogP contribution in [0.4, 0.5) is 0 Å². The van der Waals surface area contributed by atoms with Gasteiger partial charge in [-0.3, -0.25) is 0 Å². The van der Waals surface area contributed by atoms with E-state index in [9.17, 15) is 0 Å². The maximum Gasteiger partial charge on any atom is 0.0340 e. The number of rotatable bonds is 4. The summed E-state index contributed by atoms with van der Waals surface area (Å²) >= 11 is 0. The maximum atomic E-state index is 2.39. The van der Waals surface area contributed by atoms with E-state index in [0.717, 1.165) is 0 Å². The van der Waals surface area contributed by atoms with E-state index in [1.807, 2.05) is 0 Å². The van der Waals surface area contributed by atoms with Gasteiger partial charge in [0.15, 0.2) is 0 Å². The van der Waals surface area contributed by atoms with Gasteiger partial charge in [-0.2, -0.15) is 0 Å². The van der Waals surface area contributed by atoms with Crippen molar-refractivity contribution in [2.24, 2.45) is 5.41 Å². The smallest absolute Gasteiger partial charge is 0.0340 e. The Hall–Kier alpha value is -2.34. The second kappa shape index (κ2) is 8.42. The summed E-state index contributed by atoms with van der Waals surface area (Å²) < 4.78 is 0. The van der Waals surface area contributed by atoms with Crippen LogP contribution in [0.25, 0.3) is 0 Å². The molecule has 0 N–H and O–H groups in total. The molecule has 0 aliphatic heterocycles. The molecule has 158 valence electrons. The molecule has 0 saturated carbocycles. The lowest BCUT2D eigenvalue weighted by molar-refractivity contribution is 0.339. The lowest BCUT2D eigenvalue weighted by Crippen LogP contribution is -2.15. The molecule has 0 nitrogen and oxygen atoms in total. The first-order chi connectivity index (χ1) is 14.0. The number of benzene rings is 3. The van der Waals surface area contributed by atoms with Crippen LogP contribution < -0.4 is 0 Å². The zero-order chi connectivity index (χ0) is 22.2. The average molecular weight is 399 g/mol.